The average molecular weight is 447 g/mol. The number of carbonyl (C=O) groups excluding carboxylic acids is 1. The molecule has 1 amide bonds. The van der Waals surface area contributed by atoms with Crippen molar-refractivity contribution in [3.63, 3.8) is 0 Å². The lowest BCUT2D eigenvalue weighted by atomic mass is 9.83. The van der Waals surface area contributed by atoms with Gasteiger partial charge in [0.2, 0.25) is 0 Å². The van der Waals surface area contributed by atoms with Crippen LogP contribution in [0.5, 0.6) is 5.75 Å². The summed E-state index contributed by atoms with van der Waals surface area (Å²) < 4.78 is 12.2. The quantitative estimate of drug-likeness (QED) is 0.396. The van der Waals surface area contributed by atoms with Crippen molar-refractivity contribution < 1.29 is 14.3 Å². The fourth-order valence-electron chi connectivity index (χ4n) is 4.72. The molecule has 0 spiro atoms. The largest absolute Gasteiger partial charge is 0.492 e. The standard InChI is InChI=1S/C27H46N2O3/c1-7-17-32-27(19-21(2)3,20-22(4)5)26(30)28-24-11-13-25(14-12-24)31-18-16-29-15-9-8-10-23(29)6/h11-14,21-23H,7-10,15-20H2,1-6H3,(H,28,30). The number of piperidine rings is 1. The number of anilines is 1. The van der Waals surface area contributed by atoms with Crippen LogP contribution in [-0.4, -0.2) is 48.8 Å². The lowest BCUT2D eigenvalue weighted by molar-refractivity contribution is -0.147. The van der Waals surface area contributed by atoms with Gasteiger partial charge in [0.05, 0.1) is 0 Å². The number of rotatable bonds is 13. The van der Waals surface area contributed by atoms with Crippen LogP contribution in [0, 0.1) is 11.8 Å². The summed E-state index contributed by atoms with van der Waals surface area (Å²) in [6, 6.07) is 8.37. The Labute approximate surface area is 196 Å². The number of carbonyl (C=O) groups is 1. The molecule has 32 heavy (non-hydrogen) atoms. The molecule has 1 atom stereocenters. The molecule has 1 fully saturated rings. The van der Waals surface area contributed by atoms with Gasteiger partial charge in [0.1, 0.15) is 18.0 Å². The van der Waals surface area contributed by atoms with E-state index in [2.05, 4.69) is 51.8 Å². The molecule has 1 aliphatic rings. The van der Waals surface area contributed by atoms with Crippen LogP contribution in [-0.2, 0) is 9.53 Å². The van der Waals surface area contributed by atoms with Crippen LogP contribution in [0.25, 0.3) is 0 Å². The third kappa shape index (κ3) is 8.40. The Kier molecular flexibility index (Phi) is 11.0. The second-order valence-corrected chi connectivity index (χ2v) is 10.2. The molecule has 5 heteroatoms. The van der Waals surface area contributed by atoms with Gasteiger partial charge in [0.15, 0.2) is 0 Å². The van der Waals surface area contributed by atoms with E-state index in [-0.39, 0.29) is 5.91 Å². The summed E-state index contributed by atoms with van der Waals surface area (Å²) in [5, 5.41) is 3.12. The molecular formula is C27H46N2O3. The van der Waals surface area contributed by atoms with E-state index in [0.29, 0.717) is 43.9 Å². The highest BCUT2D eigenvalue weighted by atomic mass is 16.5. The molecule has 182 valence electrons. The molecule has 1 heterocycles. The second-order valence-electron chi connectivity index (χ2n) is 10.2. The van der Waals surface area contributed by atoms with Gasteiger partial charge in [-0.15, -0.1) is 0 Å². The Bertz CT molecular complexity index is 662. The van der Waals surface area contributed by atoms with E-state index in [9.17, 15) is 4.79 Å². The van der Waals surface area contributed by atoms with Gasteiger partial charge in [-0.1, -0.05) is 41.0 Å². The minimum absolute atomic E-state index is 0.0406. The van der Waals surface area contributed by atoms with E-state index in [4.69, 9.17) is 9.47 Å². The van der Waals surface area contributed by atoms with Crippen LogP contribution >= 0.6 is 0 Å². The predicted octanol–water partition coefficient (Wildman–Crippen LogP) is 6.14. The third-order valence-electron chi connectivity index (χ3n) is 6.17. The maximum Gasteiger partial charge on any atom is 0.256 e. The number of nitrogens with zero attached hydrogens (tertiary/aromatic N) is 1. The van der Waals surface area contributed by atoms with Crippen molar-refractivity contribution in [2.75, 3.05) is 31.6 Å². The summed E-state index contributed by atoms with van der Waals surface area (Å²) in [6.45, 7) is 16.4. The Morgan fingerprint density at radius 3 is 2.31 bits per heavy atom. The highest BCUT2D eigenvalue weighted by Crippen LogP contribution is 2.31. The number of likely N-dealkylation sites (tertiary alicyclic amines) is 1. The van der Waals surface area contributed by atoms with Gasteiger partial charge < -0.3 is 14.8 Å². The first kappa shape index (κ1) is 26.7. The minimum atomic E-state index is -0.793. The van der Waals surface area contributed by atoms with Crippen LogP contribution in [0.3, 0.4) is 0 Å². The molecular weight excluding hydrogens is 400 g/mol. The lowest BCUT2D eigenvalue weighted by Crippen LogP contribution is -2.47. The zero-order chi connectivity index (χ0) is 23.6. The molecule has 1 aliphatic heterocycles. The smallest absolute Gasteiger partial charge is 0.256 e. The van der Waals surface area contributed by atoms with E-state index >= 15 is 0 Å². The molecule has 0 aromatic heterocycles. The van der Waals surface area contributed by atoms with Gasteiger partial charge in [-0.2, -0.15) is 0 Å². The molecule has 1 aromatic rings. The summed E-state index contributed by atoms with van der Waals surface area (Å²) in [5.41, 5.74) is -0.0115. The first-order valence-corrected chi connectivity index (χ1v) is 12.7. The highest BCUT2D eigenvalue weighted by Gasteiger charge is 2.40. The maximum atomic E-state index is 13.4. The van der Waals surface area contributed by atoms with Crippen LogP contribution in [0.15, 0.2) is 24.3 Å². The summed E-state index contributed by atoms with van der Waals surface area (Å²) in [6.07, 6.45) is 6.24. The summed E-state index contributed by atoms with van der Waals surface area (Å²) in [7, 11) is 0. The number of ether oxygens (including phenoxy) is 2. The normalized spacial score (nSPS) is 17.7. The third-order valence-corrected chi connectivity index (χ3v) is 6.17. The Morgan fingerprint density at radius 2 is 1.75 bits per heavy atom. The summed E-state index contributed by atoms with van der Waals surface area (Å²) >= 11 is 0. The SMILES string of the molecule is CCCOC(CC(C)C)(CC(C)C)C(=O)Nc1ccc(OCCN2CCCCC2C)cc1. The van der Waals surface area contributed by atoms with E-state index in [1.165, 1.54) is 25.8 Å². The number of hydrogen-bond acceptors (Lipinski definition) is 4. The van der Waals surface area contributed by atoms with E-state index < -0.39 is 5.60 Å². The first-order chi connectivity index (χ1) is 15.3. The first-order valence-electron chi connectivity index (χ1n) is 12.7. The van der Waals surface area contributed by atoms with Gasteiger partial charge in [0, 0.05) is 24.9 Å². The summed E-state index contributed by atoms with van der Waals surface area (Å²) in [5.74, 6) is 1.54. The fourth-order valence-corrected chi connectivity index (χ4v) is 4.72. The molecule has 1 N–H and O–H groups in total. The van der Waals surface area contributed by atoms with Crippen molar-refractivity contribution >= 4 is 11.6 Å². The molecule has 0 aliphatic carbocycles. The molecule has 2 rings (SSSR count). The molecule has 1 saturated heterocycles. The van der Waals surface area contributed by atoms with Gasteiger partial charge in [-0.25, -0.2) is 0 Å². The topological polar surface area (TPSA) is 50.8 Å². The van der Waals surface area contributed by atoms with Crippen LogP contribution in [0.4, 0.5) is 5.69 Å². The minimum Gasteiger partial charge on any atom is -0.492 e. The van der Waals surface area contributed by atoms with Crippen LogP contribution < -0.4 is 10.1 Å². The molecule has 5 nitrogen and oxygen atoms in total. The zero-order valence-corrected chi connectivity index (χ0v) is 21.3. The van der Waals surface area contributed by atoms with Crippen molar-refractivity contribution in [1.82, 2.24) is 4.90 Å². The van der Waals surface area contributed by atoms with Crippen molar-refractivity contribution in [1.29, 1.82) is 0 Å². The number of amides is 1. The highest BCUT2D eigenvalue weighted by molar-refractivity contribution is 5.97. The average Bonchev–Trinajstić information content (AvgIpc) is 2.73. The Balaban J connectivity index is 1.97. The fraction of sp³-hybridized carbons (Fsp3) is 0.741. The monoisotopic (exact) mass is 446 g/mol. The number of benzene rings is 1. The second kappa shape index (κ2) is 13.2. The predicted molar refractivity (Wildman–Crippen MR) is 133 cm³/mol. The van der Waals surface area contributed by atoms with Crippen molar-refractivity contribution in [2.45, 2.75) is 91.7 Å². The van der Waals surface area contributed by atoms with E-state index in [1.807, 2.05) is 24.3 Å². The molecule has 0 radical (unpaired) electrons. The summed E-state index contributed by atoms with van der Waals surface area (Å²) in [4.78, 5) is 15.9. The maximum absolute atomic E-state index is 13.4. The molecule has 0 bridgehead atoms. The van der Waals surface area contributed by atoms with Gasteiger partial charge in [-0.3, -0.25) is 9.69 Å². The molecule has 1 unspecified atom stereocenters. The van der Waals surface area contributed by atoms with Crippen LogP contribution in [0.1, 0.15) is 80.1 Å². The van der Waals surface area contributed by atoms with Crippen molar-refractivity contribution in [3.8, 4) is 5.75 Å². The number of hydrogen-bond donors (Lipinski definition) is 1. The van der Waals surface area contributed by atoms with Crippen LogP contribution in [0.2, 0.25) is 0 Å². The lowest BCUT2D eigenvalue weighted by Gasteiger charge is -2.35. The van der Waals surface area contributed by atoms with Gasteiger partial charge >= 0.3 is 0 Å². The molecule has 0 saturated carbocycles. The zero-order valence-electron chi connectivity index (χ0n) is 21.3. The van der Waals surface area contributed by atoms with Gasteiger partial charge in [-0.05, 0) is 81.7 Å². The van der Waals surface area contributed by atoms with E-state index in [1.54, 1.807) is 0 Å². The molecule has 1 aromatic carbocycles. The van der Waals surface area contributed by atoms with Crippen molar-refractivity contribution in [2.24, 2.45) is 11.8 Å². The van der Waals surface area contributed by atoms with Crippen molar-refractivity contribution in [3.05, 3.63) is 24.3 Å². The number of nitrogens with one attached hydrogen (secondary N) is 1. The van der Waals surface area contributed by atoms with E-state index in [0.717, 1.165) is 24.4 Å². The van der Waals surface area contributed by atoms with Gasteiger partial charge in [0.25, 0.3) is 5.91 Å². The Hall–Kier alpha value is -1.59. The Morgan fingerprint density at radius 1 is 1.09 bits per heavy atom.